The molecule has 2 aliphatic rings. The Kier molecular flexibility index (Phi) is 6.41. The molecule has 32 heavy (non-hydrogen) atoms. The summed E-state index contributed by atoms with van der Waals surface area (Å²) in [6.07, 6.45) is -5.32. The molecule has 174 valence electrons. The molecule has 11 nitrogen and oxygen atoms in total. The van der Waals surface area contributed by atoms with E-state index in [4.69, 9.17) is 24.0 Å². The van der Waals surface area contributed by atoms with Gasteiger partial charge in [-0.25, -0.2) is 18.1 Å². The standard InChI is InChI=1S/C18H20F2N3O8P/c19-10-3-1-2-9(14(10)20)11-5-7-28-32(27,31-11)29-8-12-15(24)16(25)17(30-12)23-6-4-13(21)22-18(23)26/h1-4,6,11-12,15-17,24-25H,5,7-8H2,(H2,21,22,26)/t11-,12-,15-,16+,17-,32?/m1/s1. The number of anilines is 1. The first-order valence-electron chi connectivity index (χ1n) is 9.56. The van der Waals surface area contributed by atoms with E-state index in [0.29, 0.717) is 0 Å². The van der Waals surface area contributed by atoms with Gasteiger partial charge in [0.1, 0.15) is 24.1 Å². The van der Waals surface area contributed by atoms with Crippen LogP contribution in [0.2, 0.25) is 0 Å². The van der Waals surface area contributed by atoms with E-state index >= 15 is 0 Å². The monoisotopic (exact) mass is 475 g/mol. The number of aromatic nitrogens is 2. The fourth-order valence-electron chi connectivity index (χ4n) is 3.44. The van der Waals surface area contributed by atoms with Crippen LogP contribution in [0.25, 0.3) is 0 Å². The van der Waals surface area contributed by atoms with E-state index in [1.807, 2.05) is 0 Å². The molecule has 0 aliphatic carbocycles. The summed E-state index contributed by atoms with van der Waals surface area (Å²) in [5, 5.41) is 20.5. The number of aliphatic hydroxyl groups is 2. The number of hydrogen-bond acceptors (Lipinski definition) is 10. The van der Waals surface area contributed by atoms with Gasteiger partial charge in [-0.05, 0) is 12.1 Å². The van der Waals surface area contributed by atoms with E-state index in [0.717, 1.165) is 10.6 Å². The molecule has 0 radical (unpaired) electrons. The van der Waals surface area contributed by atoms with Crippen molar-refractivity contribution >= 4 is 13.6 Å². The third kappa shape index (κ3) is 4.46. The number of hydrogen-bond donors (Lipinski definition) is 3. The molecular formula is C18H20F2N3O8P. The van der Waals surface area contributed by atoms with Gasteiger partial charge in [-0.3, -0.25) is 18.1 Å². The Morgan fingerprint density at radius 1 is 1.28 bits per heavy atom. The van der Waals surface area contributed by atoms with Crippen molar-refractivity contribution in [1.29, 1.82) is 0 Å². The first-order valence-corrected chi connectivity index (χ1v) is 11.0. The van der Waals surface area contributed by atoms with Gasteiger partial charge >= 0.3 is 13.5 Å². The number of nitrogen functional groups attached to an aromatic ring is 1. The number of halogens is 2. The number of nitrogens with two attached hydrogens (primary N) is 1. The predicted molar refractivity (Wildman–Crippen MR) is 103 cm³/mol. The second-order valence-electron chi connectivity index (χ2n) is 7.19. The lowest BCUT2D eigenvalue weighted by molar-refractivity contribution is -0.0610. The molecule has 2 aromatic rings. The molecule has 3 heterocycles. The molecule has 0 amide bonds. The second-order valence-corrected chi connectivity index (χ2v) is 8.81. The summed E-state index contributed by atoms with van der Waals surface area (Å²) in [7, 11) is -4.24. The Labute approximate surface area is 179 Å². The molecule has 4 N–H and O–H groups in total. The highest BCUT2D eigenvalue weighted by Gasteiger charge is 2.46. The molecule has 0 saturated carbocycles. The maximum Gasteiger partial charge on any atom is 0.475 e. The van der Waals surface area contributed by atoms with Crippen molar-refractivity contribution in [2.75, 3.05) is 18.9 Å². The highest BCUT2D eigenvalue weighted by Crippen LogP contribution is 2.57. The Morgan fingerprint density at radius 3 is 2.81 bits per heavy atom. The van der Waals surface area contributed by atoms with Crippen LogP contribution in [0.4, 0.5) is 14.6 Å². The number of aliphatic hydroxyl groups excluding tert-OH is 2. The average molecular weight is 475 g/mol. The largest absolute Gasteiger partial charge is 0.475 e. The number of rotatable bonds is 5. The summed E-state index contributed by atoms with van der Waals surface area (Å²) in [6.45, 7) is -0.675. The van der Waals surface area contributed by atoms with Crippen LogP contribution in [-0.4, -0.2) is 51.3 Å². The molecular weight excluding hydrogens is 455 g/mol. The zero-order chi connectivity index (χ0) is 23.0. The summed E-state index contributed by atoms with van der Waals surface area (Å²) in [5.41, 5.74) is 4.48. The van der Waals surface area contributed by atoms with Gasteiger partial charge in [0.25, 0.3) is 0 Å². The van der Waals surface area contributed by atoms with Crippen molar-refractivity contribution in [2.24, 2.45) is 0 Å². The Balaban J connectivity index is 1.44. The lowest BCUT2D eigenvalue weighted by Gasteiger charge is -2.30. The normalized spacial score (nSPS) is 32.8. The van der Waals surface area contributed by atoms with Gasteiger partial charge in [0.05, 0.1) is 19.3 Å². The molecule has 2 saturated heterocycles. The fourth-order valence-corrected chi connectivity index (χ4v) is 4.83. The molecule has 2 aliphatic heterocycles. The molecule has 6 atom stereocenters. The molecule has 2 fully saturated rings. The van der Waals surface area contributed by atoms with Crippen LogP contribution >= 0.6 is 7.82 Å². The van der Waals surface area contributed by atoms with Crippen molar-refractivity contribution in [3.8, 4) is 0 Å². The molecule has 0 spiro atoms. The van der Waals surface area contributed by atoms with Gasteiger partial charge in [0, 0.05) is 18.2 Å². The quantitative estimate of drug-likeness (QED) is 0.534. The minimum atomic E-state index is -4.24. The summed E-state index contributed by atoms with van der Waals surface area (Å²) in [6, 6.07) is 4.83. The van der Waals surface area contributed by atoms with Crippen LogP contribution in [0, 0.1) is 11.6 Å². The van der Waals surface area contributed by atoms with E-state index in [2.05, 4.69) is 4.98 Å². The number of benzene rings is 1. The Morgan fingerprint density at radius 2 is 2.06 bits per heavy atom. The zero-order valence-electron chi connectivity index (χ0n) is 16.4. The third-order valence-electron chi connectivity index (χ3n) is 5.07. The second kappa shape index (κ2) is 8.94. The van der Waals surface area contributed by atoms with Crippen molar-refractivity contribution in [1.82, 2.24) is 9.55 Å². The van der Waals surface area contributed by atoms with Gasteiger partial charge in [-0.2, -0.15) is 4.98 Å². The van der Waals surface area contributed by atoms with Gasteiger partial charge in [0.15, 0.2) is 17.9 Å². The molecule has 1 aromatic heterocycles. The maximum atomic E-state index is 14.1. The van der Waals surface area contributed by atoms with Crippen LogP contribution in [-0.2, 0) is 22.9 Å². The third-order valence-corrected chi connectivity index (χ3v) is 6.55. The molecule has 14 heteroatoms. The lowest BCUT2D eigenvalue weighted by atomic mass is 10.1. The number of ether oxygens (including phenoxy) is 1. The number of phosphoric acid groups is 1. The molecule has 1 unspecified atom stereocenters. The summed E-state index contributed by atoms with van der Waals surface area (Å²) in [5.74, 6) is -2.24. The topological polar surface area (TPSA) is 155 Å². The van der Waals surface area contributed by atoms with E-state index < -0.39 is 62.4 Å². The van der Waals surface area contributed by atoms with Crippen LogP contribution in [0.5, 0.6) is 0 Å². The average Bonchev–Trinajstić information content (AvgIpc) is 3.03. The summed E-state index contributed by atoms with van der Waals surface area (Å²) in [4.78, 5) is 15.5. The molecule has 0 bridgehead atoms. The highest BCUT2D eigenvalue weighted by atomic mass is 31.2. The van der Waals surface area contributed by atoms with Gasteiger partial charge in [-0.1, -0.05) is 12.1 Å². The smallest absolute Gasteiger partial charge is 0.387 e. The Bertz CT molecular complexity index is 1100. The van der Waals surface area contributed by atoms with E-state index in [9.17, 15) is 28.4 Å². The fraction of sp³-hybridized carbons (Fsp3) is 0.444. The van der Waals surface area contributed by atoms with Gasteiger partial charge < -0.3 is 20.7 Å². The van der Waals surface area contributed by atoms with Gasteiger partial charge in [0.2, 0.25) is 0 Å². The summed E-state index contributed by atoms with van der Waals surface area (Å²) >= 11 is 0. The SMILES string of the molecule is Nc1ccn([C@@H]2O[C@H](COP3(=O)OCC[C@H](c4cccc(F)c4F)O3)[C@@H](O)[C@@H]2O)c(=O)n1. The minimum Gasteiger partial charge on any atom is -0.387 e. The first kappa shape index (κ1) is 22.9. The maximum absolute atomic E-state index is 14.1. The van der Waals surface area contributed by atoms with E-state index in [1.165, 1.54) is 24.4 Å². The van der Waals surface area contributed by atoms with Crippen molar-refractivity contribution < 1.29 is 41.9 Å². The zero-order valence-corrected chi connectivity index (χ0v) is 17.3. The first-order chi connectivity index (χ1) is 15.2. The molecule has 1 aromatic carbocycles. The van der Waals surface area contributed by atoms with Crippen molar-refractivity contribution in [3.05, 3.63) is 58.1 Å². The number of phosphoric ester groups is 1. The Hall–Kier alpha value is -2.25. The van der Waals surface area contributed by atoms with Gasteiger partial charge in [-0.15, -0.1) is 0 Å². The van der Waals surface area contributed by atoms with Crippen LogP contribution in [0.15, 0.2) is 35.3 Å². The summed E-state index contributed by atoms with van der Waals surface area (Å²) < 4.78 is 62.4. The predicted octanol–water partition coefficient (Wildman–Crippen LogP) is 1.03. The van der Waals surface area contributed by atoms with Crippen molar-refractivity contribution in [3.63, 3.8) is 0 Å². The van der Waals surface area contributed by atoms with Crippen LogP contribution < -0.4 is 11.4 Å². The highest BCUT2D eigenvalue weighted by molar-refractivity contribution is 7.48. The van der Waals surface area contributed by atoms with Crippen molar-refractivity contribution in [2.45, 2.75) is 37.1 Å². The minimum absolute atomic E-state index is 0.0341. The number of nitrogens with zero attached hydrogens (tertiary/aromatic N) is 2. The van der Waals surface area contributed by atoms with Crippen LogP contribution in [0.3, 0.4) is 0 Å². The lowest BCUT2D eigenvalue weighted by Crippen LogP contribution is -2.36. The van der Waals surface area contributed by atoms with Crippen LogP contribution in [0.1, 0.15) is 24.3 Å². The van der Waals surface area contributed by atoms with E-state index in [-0.39, 0.29) is 24.4 Å². The van der Waals surface area contributed by atoms with E-state index in [1.54, 1.807) is 0 Å². The molecule has 4 rings (SSSR count).